The van der Waals surface area contributed by atoms with Gasteiger partial charge in [-0.15, -0.1) is 0 Å². The molecule has 1 heterocycles. The Bertz CT molecular complexity index is 411. The standard InChI is InChI=1S/C10H18N4O2S/c1-10(2,16)5-14(4)9-6(8(15)12-3)7(11)13-17-9/h16H,5H2,1-4H3,(H2,11,13)(H,12,15). The first-order chi connectivity index (χ1) is 7.76. The second-order valence-electron chi connectivity index (χ2n) is 4.50. The number of nitrogens with two attached hydrogens (primary N) is 1. The molecule has 0 fully saturated rings. The van der Waals surface area contributed by atoms with E-state index in [9.17, 15) is 9.90 Å². The van der Waals surface area contributed by atoms with Crippen LogP contribution in [0.2, 0.25) is 0 Å². The van der Waals surface area contributed by atoms with Crippen LogP contribution >= 0.6 is 11.5 Å². The van der Waals surface area contributed by atoms with E-state index in [1.165, 1.54) is 0 Å². The SMILES string of the molecule is CNC(=O)c1c(N)nsc1N(C)CC(C)(C)O. The largest absolute Gasteiger partial charge is 0.389 e. The van der Waals surface area contributed by atoms with Crippen LogP contribution in [0.1, 0.15) is 24.2 Å². The van der Waals surface area contributed by atoms with Gasteiger partial charge in [-0.05, 0) is 25.4 Å². The Kier molecular flexibility index (Phi) is 3.94. The number of nitrogens with one attached hydrogen (secondary N) is 1. The van der Waals surface area contributed by atoms with Crippen LogP contribution in [0, 0.1) is 0 Å². The van der Waals surface area contributed by atoms with Gasteiger partial charge < -0.3 is 21.1 Å². The van der Waals surface area contributed by atoms with Gasteiger partial charge in [0.1, 0.15) is 10.6 Å². The van der Waals surface area contributed by atoms with Crippen molar-refractivity contribution < 1.29 is 9.90 Å². The van der Waals surface area contributed by atoms with Crippen molar-refractivity contribution in [3.63, 3.8) is 0 Å². The van der Waals surface area contributed by atoms with Crippen molar-refractivity contribution in [2.75, 3.05) is 31.3 Å². The van der Waals surface area contributed by atoms with Crippen molar-refractivity contribution in [3.8, 4) is 0 Å². The van der Waals surface area contributed by atoms with E-state index in [0.717, 1.165) is 11.5 Å². The second-order valence-corrected chi connectivity index (χ2v) is 5.25. The minimum absolute atomic E-state index is 0.215. The monoisotopic (exact) mass is 258 g/mol. The Morgan fingerprint density at radius 3 is 2.71 bits per heavy atom. The third-order valence-corrected chi connectivity index (χ3v) is 3.10. The molecule has 0 aromatic carbocycles. The van der Waals surface area contributed by atoms with E-state index in [-0.39, 0.29) is 11.7 Å². The van der Waals surface area contributed by atoms with Crippen molar-refractivity contribution >= 4 is 28.3 Å². The fourth-order valence-electron chi connectivity index (χ4n) is 1.54. The lowest BCUT2D eigenvalue weighted by atomic mass is 10.1. The smallest absolute Gasteiger partial charge is 0.257 e. The fourth-order valence-corrected chi connectivity index (χ4v) is 2.31. The third kappa shape index (κ3) is 3.31. The number of anilines is 2. The zero-order valence-corrected chi connectivity index (χ0v) is 11.3. The molecule has 0 aliphatic heterocycles. The minimum atomic E-state index is -0.854. The van der Waals surface area contributed by atoms with Gasteiger partial charge in [-0.3, -0.25) is 4.79 Å². The van der Waals surface area contributed by atoms with E-state index >= 15 is 0 Å². The Morgan fingerprint density at radius 1 is 1.65 bits per heavy atom. The summed E-state index contributed by atoms with van der Waals surface area (Å²) < 4.78 is 3.97. The number of likely N-dealkylation sites (N-methyl/N-ethyl adjacent to an activating group) is 1. The number of carbonyl (C=O) groups is 1. The van der Waals surface area contributed by atoms with Crippen LogP contribution in [0.5, 0.6) is 0 Å². The number of nitrogen functional groups attached to an aromatic ring is 1. The fraction of sp³-hybridized carbons (Fsp3) is 0.600. The van der Waals surface area contributed by atoms with E-state index in [0.29, 0.717) is 17.1 Å². The third-order valence-electron chi connectivity index (χ3n) is 2.13. The molecule has 0 radical (unpaired) electrons. The molecule has 7 heteroatoms. The normalized spacial score (nSPS) is 11.4. The highest BCUT2D eigenvalue weighted by molar-refractivity contribution is 7.11. The van der Waals surface area contributed by atoms with Crippen molar-refractivity contribution in [1.29, 1.82) is 0 Å². The first-order valence-electron chi connectivity index (χ1n) is 5.17. The van der Waals surface area contributed by atoms with Gasteiger partial charge in [-0.1, -0.05) is 0 Å². The molecular formula is C10H18N4O2S. The van der Waals surface area contributed by atoms with Crippen molar-refractivity contribution in [2.45, 2.75) is 19.4 Å². The van der Waals surface area contributed by atoms with E-state index in [1.807, 2.05) is 0 Å². The predicted molar refractivity (Wildman–Crippen MR) is 69.5 cm³/mol. The number of aliphatic hydroxyl groups is 1. The summed E-state index contributed by atoms with van der Waals surface area (Å²) in [6.07, 6.45) is 0. The van der Waals surface area contributed by atoms with E-state index < -0.39 is 5.60 Å². The van der Waals surface area contributed by atoms with Crippen LogP contribution < -0.4 is 16.0 Å². The highest BCUT2D eigenvalue weighted by atomic mass is 32.1. The average molecular weight is 258 g/mol. The summed E-state index contributed by atoms with van der Waals surface area (Å²) in [5.41, 5.74) is 5.18. The maximum Gasteiger partial charge on any atom is 0.257 e. The number of nitrogens with zero attached hydrogens (tertiary/aromatic N) is 2. The van der Waals surface area contributed by atoms with Gasteiger partial charge >= 0.3 is 0 Å². The summed E-state index contributed by atoms with van der Waals surface area (Å²) in [5, 5.41) is 12.9. The van der Waals surface area contributed by atoms with E-state index in [2.05, 4.69) is 9.69 Å². The quantitative estimate of drug-likeness (QED) is 0.722. The van der Waals surface area contributed by atoms with Crippen LogP contribution in [-0.4, -0.2) is 41.6 Å². The van der Waals surface area contributed by atoms with Crippen molar-refractivity contribution in [2.24, 2.45) is 0 Å². The van der Waals surface area contributed by atoms with E-state index in [4.69, 9.17) is 5.73 Å². The van der Waals surface area contributed by atoms with Crippen LogP contribution in [-0.2, 0) is 0 Å². The molecule has 0 saturated carbocycles. The summed E-state index contributed by atoms with van der Waals surface area (Å²) in [6.45, 7) is 3.79. The number of aromatic nitrogens is 1. The molecule has 4 N–H and O–H groups in total. The van der Waals surface area contributed by atoms with Gasteiger partial charge in [0.25, 0.3) is 5.91 Å². The Hall–Kier alpha value is -1.34. The lowest BCUT2D eigenvalue weighted by Crippen LogP contribution is -2.36. The molecule has 0 bridgehead atoms. The molecule has 1 rings (SSSR count). The molecule has 0 aliphatic rings. The number of hydrogen-bond acceptors (Lipinski definition) is 6. The summed E-state index contributed by atoms with van der Waals surface area (Å²) in [5.74, 6) is -0.0548. The molecule has 1 amide bonds. The van der Waals surface area contributed by atoms with Crippen LogP contribution in [0.3, 0.4) is 0 Å². The Balaban J connectivity index is 3.02. The summed E-state index contributed by atoms with van der Waals surface area (Å²) in [6, 6.07) is 0. The topological polar surface area (TPSA) is 91.5 Å². The molecule has 1 aromatic rings. The Labute approximate surface area is 105 Å². The molecule has 0 atom stereocenters. The van der Waals surface area contributed by atoms with Crippen LogP contribution in [0.15, 0.2) is 0 Å². The van der Waals surface area contributed by atoms with E-state index in [1.54, 1.807) is 32.8 Å². The number of carbonyl (C=O) groups excluding carboxylic acids is 1. The molecule has 0 saturated heterocycles. The number of hydrogen-bond donors (Lipinski definition) is 3. The molecule has 0 aliphatic carbocycles. The molecule has 0 unspecified atom stereocenters. The first-order valence-corrected chi connectivity index (χ1v) is 5.94. The average Bonchev–Trinajstić information content (AvgIpc) is 2.56. The minimum Gasteiger partial charge on any atom is -0.389 e. The zero-order chi connectivity index (χ0) is 13.2. The predicted octanol–water partition coefficient (Wildman–Crippen LogP) is 0.292. The number of amides is 1. The van der Waals surface area contributed by atoms with Crippen LogP contribution in [0.4, 0.5) is 10.8 Å². The highest BCUT2D eigenvalue weighted by Gasteiger charge is 2.24. The van der Waals surface area contributed by atoms with Crippen LogP contribution in [0.25, 0.3) is 0 Å². The second kappa shape index (κ2) is 4.89. The maximum absolute atomic E-state index is 11.7. The van der Waals surface area contributed by atoms with Gasteiger partial charge in [-0.25, -0.2) is 0 Å². The molecule has 1 aromatic heterocycles. The lowest BCUT2D eigenvalue weighted by Gasteiger charge is -2.26. The van der Waals surface area contributed by atoms with Gasteiger partial charge in [0, 0.05) is 20.6 Å². The molecule has 6 nitrogen and oxygen atoms in total. The first kappa shape index (κ1) is 13.7. The molecular weight excluding hydrogens is 240 g/mol. The van der Waals surface area contributed by atoms with Gasteiger partial charge in [0.05, 0.1) is 5.60 Å². The summed E-state index contributed by atoms with van der Waals surface area (Å²) in [7, 11) is 3.33. The van der Waals surface area contributed by atoms with Gasteiger partial charge in [0.15, 0.2) is 5.82 Å². The highest BCUT2D eigenvalue weighted by Crippen LogP contribution is 2.30. The maximum atomic E-state index is 11.7. The Morgan fingerprint density at radius 2 is 2.24 bits per heavy atom. The van der Waals surface area contributed by atoms with Crippen molar-refractivity contribution in [3.05, 3.63) is 5.56 Å². The summed E-state index contributed by atoms with van der Waals surface area (Å²) in [4.78, 5) is 13.4. The molecule has 0 spiro atoms. The molecule has 96 valence electrons. The number of rotatable bonds is 4. The summed E-state index contributed by atoms with van der Waals surface area (Å²) >= 11 is 1.15. The van der Waals surface area contributed by atoms with Crippen molar-refractivity contribution in [1.82, 2.24) is 9.69 Å². The lowest BCUT2D eigenvalue weighted by molar-refractivity contribution is 0.0882. The van der Waals surface area contributed by atoms with Gasteiger partial charge in [-0.2, -0.15) is 4.37 Å². The van der Waals surface area contributed by atoms with Gasteiger partial charge in [0.2, 0.25) is 0 Å². The molecule has 17 heavy (non-hydrogen) atoms. The zero-order valence-electron chi connectivity index (χ0n) is 10.4.